The molecule has 0 fully saturated rings. The van der Waals surface area contributed by atoms with Crippen molar-refractivity contribution in [3.8, 4) is 47.9 Å². The summed E-state index contributed by atoms with van der Waals surface area (Å²) in [5.41, 5.74) is 5.36. The number of nitrogens with two attached hydrogens (primary N) is 1. The summed E-state index contributed by atoms with van der Waals surface area (Å²) in [5, 5.41) is 0. The van der Waals surface area contributed by atoms with Gasteiger partial charge in [-0.05, 0) is 55.8 Å². The molecule has 0 radical (unpaired) electrons. The number of hydrogen-bond donors (Lipinski definition) is 2. The minimum absolute atomic E-state index is 0.0425. The number of esters is 2. The Morgan fingerprint density at radius 2 is 0.918 bits per heavy atom. The highest BCUT2D eigenvalue weighted by Gasteiger charge is 2.26. The molecule has 61 heavy (non-hydrogen) atoms. The predicted molar refractivity (Wildman–Crippen MR) is 251 cm³/mol. The standard InChI is InChI=1S/C51H86NO8P/c1-3-5-7-9-11-13-15-17-19-21-23-25-27-29-31-33-35-37-39-41-43-50(53)57-47-49(48-59-61(55,56)58-46-45-52)60-51(54)44-42-40-38-36-34-32-30-28-26-24-22-20-18-16-14-12-10-8-6-4-2/h1,49H,4,6,8-21,23,25,27,29-48,52H2,2H3,(H,55,56). The van der Waals surface area contributed by atoms with E-state index in [4.69, 9.17) is 30.7 Å². The lowest BCUT2D eigenvalue weighted by Crippen LogP contribution is -2.29. The smallest absolute Gasteiger partial charge is 0.462 e. The summed E-state index contributed by atoms with van der Waals surface area (Å²) in [6.07, 6.45) is 42.8. The summed E-state index contributed by atoms with van der Waals surface area (Å²) >= 11 is 0. The van der Waals surface area contributed by atoms with E-state index in [1.54, 1.807) is 0 Å². The highest BCUT2D eigenvalue weighted by Crippen LogP contribution is 2.43. The van der Waals surface area contributed by atoms with Gasteiger partial charge >= 0.3 is 19.8 Å². The monoisotopic (exact) mass is 872 g/mol. The zero-order valence-electron chi connectivity index (χ0n) is 38.6. The predicted octanol–water partition coefficient (Wildman–Crippen LogP) is 12.9. The molecule has 0 aliphatic rings. The molecular formula is C51H86NO8P. The maximum Gasteiger partial charge on any atom is 0.472 e. The van der Waals surface area contributed by atoms with Crippen molar-refractivity contribution in [3.05, 3.63) is 0 Å². The van der Waals surface area contributed by atoms with Crippen molar-refractivity contribution in [1.29, 1.82) is 0 Å². The van der Waals surface area contributed by atoms with E-state index in [1.807, 2.05) is 0 Å². The van der Waals surface area contributed by atoms with E-state index in [9.17, 15) is 19.0 Å². The summed E-state index contributed by atoms with van der Waals surface area (Å²) in [4.78, 5) is 35.0. The van der Waals surface area contributed by atoms with Crippen molar-refractivity contribution in [1.82, 2.24) is 0 Å². The molecule has 10 heteroatoms. The molecular weight excluding hydrogens is 786 g/mol. The third-order valence-corrected chi connectivity index (χ3v) is 11.4. The second-order valence-corrected chi connectivity index (χ2v) is 17.7. The number of carbonyl (C=O) groups is 2. The van der Waals surface area contributed by atoms with E-state index in [-0.39, 0.29) is 32.6 Å². The van der Waals surface area contributed by atoms with Crippen LogP contribution in [0.5, 0.6) is 0 Å². The van der Waals surface area contributed by atoms with Crippen LogP contribution in [0.25, 0.3) is 0 Å². The van der Waals surface area contributed by atoms with Gasteiger partial charge in [0.25, 0.3) is 0 Å². The first-order valence-electron chi connectivity index (χ1n) is 24.4. The summed E-state index contributed by atoms with van der Waals surface area (Å²) < 4.78 is 32.8. The molecule has 0 rings (SSSR count). The maximum atomic E-state index is 12.6. The third-order valence-electron chi connectivity index (χ3n) is 10.4. The highest BCUT2D eigenvalue weighted by atomic mass is 31.2. The first kappa shape index (κ1) is 58.2. The average Bonchev–Trinajstić information content (AvgIpc) is 3.25. The van der Waals surface area contributed by atoms with Gasteiger partial charge in [-0.1, -0.05) is 185 Å². The van der Waals surface area contributed by atoms with Crippen LogP contribution in [0, 0.1) is 47.9 Å². The Kier molecular flexibility index (Phi) is 44.6. The van der Waals surface area contributed by atoms with Gasteiger partial charge in [0.2, 0.25) is 0 Å². The average molecular weight is 872 g/mol. The van der Waals surface area contributed by atoms with Crippen LogP contribution in [0.1, 0.15) is 232 Å². The third kappa shape index (κ3) is 46.6. The lowest BCUT2D eigenvalue weighted by molar-refractivity contribution is -0.161. The van der Waals surface area contributed by atoms with Crippen LogP contribution in [0.3, 0.4) is 0 Å². The lowest BCUT2D eigenvalue weighted by Gasteiger charge is -2.19. The van der Waals surface area contributed by atoms with Gasteiger partial charge in [0, 0.05) is 38.6 Å². The van der Waals surface area contributed by atoms with Crippen molar-refractivity contribution < 1.29 is 37.6 Å². The normalized spacial score (nSPS) is 12.1. The molecule has 0 heterocycles. The molecule has 0 aromatic carbocycles. The molecule has 0 aliphatic carbocycles. The summed E-state index contributed by atoms with van der Waals surface area (Å²) in [6.45, 7) is 1.42. The number of hydrogen-bond acceptors (Lipinski definition) is 8. The molecule has 3 N–H and O–H groups in total. The van der Waals surface area contributed by atoms with Crippen molar-refractivity contribution in [2.24, 2.45) is 5.73 Å². The van der Waals surface area contributed by atoms with Crippen LogP contribution in [0.2, 0.25) is 0 Å². The first-order chi connectivity index (χ1) is 29.8. The largest absolute Gasteiger partial charge is 0.472 e. The second-order valence-electron chi connectivity index (χ2n) is 16.2. The number of phosphoric acid groups is 1. The fraction of sp³-hybridized carbons (Fsp3) is 0.804. The molecule has 0 aromatic rings. The highest BCUT2D eigenvalue weighted by molar-refractivity contribution is 7.47. The summed E-state index contributed by atoms with van der Waals surface area (Å²) in [6, 6.07) is 0. The van der Waals surface area contributed by atoms with Crippen LogP contribution < -0.4 is 5.73 Å². The van der Waals surface area contributed by atoms with Crippen LogP contribution in [0.15, 0.2) is 0 Å². The minimum atomic E-state index is -4.40. The Hall–Kier alpha value is -2.75. The summed E-state index contributed by atoms with van der Waals surface area (Å²) in [5.74, 6) is 19.5. The quantitative estimate of drug-likeness (QED) is 0.0266. The van der Waals surface area contributed by atoms with Gasteiger partial charge in [-0.3, -0.25) is 18.6 Å². The Balaban J connectivity index is 4.08. The van der Waals surface area contributed by atoms with Gasteiger partial charge in [0.15, 0.2) is 6.10 Å². The number of ether oxygens (including phenoxy) is 2. The molecule has 348 valence electrons. The SMILES string of the molecule is C#CC#CCCCCCCCCCCCCCCCCCCC(=O)OCC(COP(=O)(O)OCCN)OC(=O)CCCCCCCCC#CC#CCCCCCCCCCC. The topological polar surface area (TPSA) is 134 Å². The van der Waals surface area contributed by atoms with Crippen molar-refractivity contribution >= 4 is 19.8 Å². The number of carbonyl (C=O) groups excluding carboxylic acids is 2. The zero-order chi connectivity index (χ0) is 44.6. The maximum absolute atomic E-state index is 12.6. The molecule has 0 saturated carbocycles. The number of terminal acetylenes is 1. The van der Waals surface area contributed by atoms with Gasteiger partial charge in [-0.15, -0.1) is 6.42 Å². The van der Waals surface area contributed by atoms with E-state index in [2.05, 4.69) is 48.4 Å². The van der Waals surface area contributed by atoms with Gasteiger partial charge in [-0.2, -0.15) is 0 Å². The first-order valence-corrected chi connectivity index (χ1v) is 25.9. The van der Waals surface area contributed by atoms with E-state index >= 15 is 0 Å². The van der Waals surface area contributed by atoms with Gasteiger partial charge in [0.1, 0.15) is 6.61 Å². The molecule has 0 amide bonds. The van der Waals surface area contributed by atoms with E-state index in [0.717, 1.165) is 83.5 Å². The minimum Gasteiger partial charge on any atom is -0.462 e. The number of phosphoric ester groups is 1. The Morgan fingerprint density at radius 3 is 1.33 bits per heavy atom. The summed E-state index contributed by atoms with van der Waals surface area (Å²) in [7, 11) is -4.40. The number of unbranched alkanes of at least 4 members (excludes halogenated alkanes) is 30. The molecule has 0 aromatic heterocycles. The molecule has 0 aliphatic heterocycles. The van der Waals surface area contributed by atoms with E-state index in [1.165, 1.54) is 122 Å². The molecule has 2 atom stereocenters. The van der Waals surface area contributed by atoms with Crippen LogP contribution in [0.4, 0.5) is 0 Å². The fourth-order valence-electron chi connectivity index (χ4n) is 6.82. The zero-order valence-corrected chi connectivity index (χ0v) is 39.5. The van der Waals surface area contributed by atoms with Gasteiger partial charge in [0.05, 0.1) is 13.2 Å². The van der Waals surface area contributed by atoms with Crippen molar-refractivity contribution in [2.75, 3.05) is 26.4 Å². The van der Waals surface area contributed by atoms with Crippen molar-refractivity contribution in [2.45, 2.75) is 238 Å². The Bertz CT molecular complexity index is 1330. The van der Waals surface area contributed by atoms with Crippen LogP contribution in [-0.4, -0.2) is 49.3 Å². The lowest BCUT2D eigenvalue weighted by atomic mass is 10.0. The van der Waals surface area contributed by atoms with Gasteiger partial charge < -0.3 is 20.1 Å². The second kappa shape index (κ2) is 46.7. The Labute approximate surface area is 373 Å². The molecule has 0 spiro atoms. The van der Waals surface area contributed by atoms with E-state index in [0.29, 0.717) is 6.42 Å². The Morgan fingerprint density at radius 1 is 0.541 bits per heavy atom. The fourth-order valence-corrected chi connectivity index (χ4v) is 7.59. The van der Waals surface area contributed by atoms with Gasteiger partial charge in [-0.25, -0.2) is 4.57 Å². The molecule has 9 nitrogen and oxygen atoms in total. The molecule has 0 saturated heterocycles. The van der Waals surface area contributed by atoms with Crippen molar-refractivity contribution in [3.63, 3.8) is 0 Å². The van der Waals surface area contributed by atoms with Crippen LogP contribution in [-0.2, 0) is 32.7 Å². The molecule has 0 bridgehead atoms. The number of rotatable bonds is 43. The van der Waals surface area contributed by atoms with Crippen LogP contribution >= 0.6 is 7.82 Å². The molecule has 2 unspecified atom stereocenters. The van der Waals surface area contributed by atoms with E-state index < -0.39 is 32.5 Å².